The third-order valence-corrected chi connectivity index (χ3v) is 3.42. The van der Waals surface area contributed by atoms with Crippen molar-refractivity contribution >= 4 is 11.7 Å². The number of ether oxygens (including phenoxy) is 3. The van der Waals surface area contributed by atoms with E-state index >= 15 is 0 Å². The maximum absolute atomic E-state index is 11.8. The molecule has 2 aromatic carbocycles. The summed E-state index contributed by atoms with van der Waals surface area (Å²) in [5.41, 5.74) is -0.0725. The maximum Gasteiger partial charge on any atom is 0.349 e. The number of nitro benzene ring substituents is 1. The van der Waals surface area contributed by atoms with Crippen molar-refractivity contribution in [3.05, 3.63) is 58.6 Å². The second-order valence-corrected chi connectivity index (χ2v) is 6.02. The van der Waals surface area contributed by atoms with Crippen LogP contribution in [-0.4, -0.2) is 24.1 Å². The number of hydrogen-bond acceptors (Lipinski definition) is 6. The quantitative estimate of drug-likeness (QED) is 0.291. The van der Waals surface area contributed by atoms with Gasteiger partial charge in [0.1, 0.15) is 17.2 Å². The Kier molecular flexibility index (Phi) is 6.96. The molecule has 0 saturated carbocycles. The van der Waals surface area contributed by atoms with Gasteiger partial charge in [-0.3, -0.25) is 10.1 Å². The molecule has 26 heavy (non-hydrogen) atoms. The summed E-state index contributed by atoms with van der Waals surface area (Å²) in [5.74, 6) is 1.46. The van der Waals surface area contributed by atoms with E-state index in [-0.39, 0.29) is 18.0 Å². The van der Waals surface area contributed by atoms with Gasteiger partial charge in [0.05, 0.1) is 11.5 Å². The lowest BCUT2D eigenvalue weighted by Crippen LogP contribution is -2.17. The average molecular weight is 359 g/mol. The van der Waals surface area contributed by atoms with Crippen molar-refractivity contribution in [2.45, 2.75) is 20.3 Å². The third-order valence-electron chi connectivity index (χ3n) is 3.42. The van der Waals surface area contributed by atoms with E-state index in [2.05, 4.69) is 13.8 Å². The van der Waals surface area contributed by atoms with Crippen LogP contribution in [0, 0.1) is 16.0 Å². The number of hydrogen-bond donors (Lipinski definition) is 0. The van der Waals surface area contributed by atoms with Crippen molar-refractivity contribution in [2.75, 3.05) is 13.2 Å². The van der Waals surface area contributed by atoms with Crippen LogP contribution in [0.4, 0.5) is 5.69 Å². The van der Waals surface area contributed by atoms with Crippen molar-refractivity contribution in [2.24, 2.45) is 5.92 Å². The molecule has 0 aliphatic rings. The topological polar surface area (TPSA) is 87.9 Å². The van der Waals surface area contributed by atoms with Crippen LogP contribution in [0.5, 0.6) is 17.2 Å². The summed E-state index contributed by atoms with van der Waals surface area (Å²) in [6, 6.07) is 12.2. The van der Waals surface area contributed by atoms with Crippen molar-refractivity contribution in [1.82, 2.24) is 0 Å². The smallest absolute Gasteiger partial charge is 0.349 e. The Bertz CT molecular complexity index is 725. The van der Waals surface area contributed by atoms with Crippen LogP contribution in [0.3, 0.4) is 0 Å². The summed E-state index contributed by atoms with van der Waals surface area (Å²) in [6.45, 7) is 4.65. The van der Waals surface area contributed by atoms with Crippen LogP contribution in [0.15, 0.2) is 48.5 Å². The molecule has 0 aliphatic heterocycles. The molecule has 0 spiro atoms. The lowest BCUT2D eigenvalue weighted by molar-refractivity contribution is -0.384. The number of nitrogens with zero attached hydrogens (tertiary/aromatic N) is 1. The lowest BCUT2D eigenvalue weighted by Gasteiger charge is -2.09. The SMILES string of the molecule is CC(C)CCOc1ccc(OCC(=O)Oc2ccc([N+](=O)[O-])cc2)cc1. The van der Waals surface area contributed by atoms with Gasteiger partial charge in [0.25, 0.3) is 5.69 Å². The Morgan fingerprint density at radius 2 is 1.50 bits per heavy atom. The third kappa shape index (κ3) is 6.43. The molecule has 0 atom stereocenters. The largest absolute Gasteiger partial charge is 0.494 e. The monoisotopic (exact) mass is 359 g/mol. The van der Waals surface area contributed by atoms with Crippen LogP contribution in [-0.2, 0) is 4.79 Å². The molecule has 7 nitrogen and oxygen atoms in total. The molecule has 0 amide bonds. The van der Waals surface area contributed by atoms with E-state index in [0.29, 0.717) is 18.3 Å². The summed E-state index contributed by atoms with van der Waals surface area (Å²) in [5, 5.41) is 10.6. The number of benzene rings is 2. The zero-order valence-electron chi connectivity index (χ0n) is 14.7. The van der Waals surface area contributed by atoms with Gasteiger partial charge in [0, 0.05) is 12.1 Å². The number of esters is 1. The number of carbonyl (C=O) groups is 1. The summed E-state index contributed by atoms with van der Waals surface area (Å²) in [4.78, 5) is 21.8. The molecule has 0 saturated heterocycles. The van der Waals surface area contributed by atoms with E-state index in [1.807, 2.05) is 0 Å². The Balaban J connectivity index is 1.77. The lowest BCUT2D eigenvalue weighted by atomic mass is 10.1. The fraction of sp³-hybridized carbons (Fsp3) is 0.316. The first-order valence-electron chi connectivity index (χ1n) is 8.25. The van der Waals surface area contributed by atoms with Crippen molar-refractivity contribution < 1.29 is 23.9 Å². The molecule has 0 aromatic heterocycles. The summed E-state index contributed by atoms with van der Waals surface area (Å²) >= 11 is 0. The van der Waals surface area contributed by atoms with Crippen LogP contribution < -0.4 is 14.2 Å². The first-order chi connectivity index (χ1) is 12.4. The Labute approximate surface area is 151 Å². The van der Waals surface area contributed by atoms with Crippen LogP contribution in [0.25, 0.3) is 0 Å². The molecule has 7 heteroatoms. The van der Waals surface area contributed by atoms with Gasteiger partial charge in [-0.15, -0.1) is 0 Å². The molecule has 0 heterocycles. The van der Waals surface area contributed by atoms with Gasteiger partial charge in [0.15, 0.2) is 6.61 Å². The van der Waals surface area contributed by atoms with E-state index < -0.39 is 10.9 Å². The minimum Gasteiger partial charge on any atom is -0.494 e. The summed E-state index contributed by atoms with van der Waals surface area (Å²) in [7, 11) is 0. The average Bonchev–Trinajstić information content (AvgIpc) is 2.61. The minimum atomic E-state index is -0.601. The van der Waals surface area contributed by atoms with E-state index in [4.69, 9.17) is 14.2 Å². The molecule has 0 radical (unpaired) electrons. The zero-order valence-corrected chi connectivity index (χ0v) is 14.7. The fourth-order valence-electron chi connectivity index (χ4n) is 1.98. The zero-order chi connectivity index (χ0) is 18.9. The molecule has 0 aliphatic carbocycles. The highest BCUT2D eigenvalue weighted by Gasteiger charge is 2.09. The van der Waals surface area contributed by atoms with Gasteiger partial charge in [0.2, 0.25) is 0 Å². The van der Waals surface area contributed by atoms with E-state index in [1.165, 1.54) is 24.3 Å². The van der Waals surface area contributed by atoms with Gasteiger partial charge < -0.3 is 14.2 Å². The standard InChI is InChI=1S/C19H21NO6/c1-14(2)11-12-24-16-7-9-17(10-8-16)25-13-19(21)26-18-5-3-15(4-6-18)20(22)23/h3-10,14H,11-13H2,1-2H3. The first-order valence-corrected chi connectivity index (χ1v) is 8.25. The van der Waals surface area contributed by atoms with Crippen LogP contribution >= 0.6 is 0 Å². The van der Waals surface area contributed by atoms with Crippen LogP contribution in [0.1, 0.15) is 20.3 Å². The molecule has 0 N–H and O–H groups in total. The van der Waals surface area contributed by atoms with Gasteiger partial charge in [-0.2, -0.15) is 0 Å². The summed E-state index contributed by atoms with van der Waals surface area (Å²) in [6.07, 6.45) is 0.979. The normalized spacial score (nSPS) is 10.4. The number of carbonyl (C=O) groups excluding carboxylic acids is 1. The number of non-ortho nitro benzene ring substituents is 1. The van der Waals surface area contributed by atoms with Gasteiger partial charge >= 0.3 is 5.97 Å². The Hall–Kier alpha value is -3.09. The molecular weight excluding hydrogens is 338 g/mol. The molecular formula is C19H21NO6. The molecule has 138 valence electrons. The highest BCUT2D eigenvalue weighted by molar-refractivity contribution is 5.74. The highest BCUT2D eigenvalue weighted by Crippen LogP contribution is 2.19. The molecule has 0 bridgehead atoms. The molecule has 0 unspecified atom stereocenters. The maximum atomic E-state index is 11.8. The van der Waals surface area contributed by atoms with E-state index in [0.717, 1.165) is 12.2 Å². The number of nitro groups is 1. The van der Waals surface area contributed by atoms with Crippen molar-refractivity contribution in [1.29, 1.82) is 0 Å². The molecule has 0 fully saturated rings. The molecule has 2 rings (SSSR count). The second kappa shape index (κ2) is 9.41. The minimum absolute atomic E-state index is 0.0725. The number of rotatable bonds is 9. The van der Waals surface area contributed by atoms with Crippen LogP contribution in [0.2, 0.25) is 0 Å². The fourth-order valence-corrected chi connectivity index (χ4v) is 1.98. The molecule has 2 aromatic rings. The van der Waals surface area contributed by atoms with Gasteiger partial charge in [-0.1, -0.05) is 13.8 Å². The van der Waals surface area contributed by atoms with Gasteiger partial charge in [-0.05, 0) is 48.7 Å². The van der Waals surface area contributed by atoms with E-state index in [9.17, 15) is 14.9 Å². The second-order valence-electron chi connectivity index (χ2n) is 6.02. The Morgan fingerprint density at radius 1 is 0.962 bits per heavy atom. The van der Waals surface area contributed by atoms with E-state index in [1.54, 1.807) is 24.3 Å². The summed E-state index contributed by atoms with van der Waals surface area (Å²) < 4.78 is 16.0. The van der Waals surface area contributed by atoms with Crippen molar-refractivity contribution in [3.63, 3.8) is 0 Å². The van der Waals surface area contributed by atoms with Gasteiger partial charge in [-0.25, -0.2) is 4.79 Å². The Morgan fingerprint density at radius 3 is 2.04 bits per heavy atom. The predicted octanol–water partition coefficient (Wildman–Crippen LogP) is 4.00. The first kappa shape index (κ1) is 19.2. The predicted molar refractivity (Wildman–Crippen MR) is 95.6 cm³/mol. The highest BCUT2D eigenvalue weighted by atomic mass is 16.6. The van der Waals surface area contributed by atoms with Crippen molar-refractivity contribution in [3.8, 4) is 17.2 Å².